The summed E-state index contributed by atoms with van der Waals surface area (Å²) in [5.41, 5.74) is -0.755. The van der Waals surface area contributed by atoms with Crippen LogP contribution in [0.5, 0.6) is 0 Å². The Hall–Kier alpha value is -2.85. The van der Waals surface area contributed by atoms with Crippen LogP contribution in [0.1, 0.15) is 35.8 Å². The Balaban J connectivity index is 1.53. The number of rotatable bonds is 4. The van der Waals surface area contributed by atoms with Gasteiger partial charge in [0.05, 0.1) is 19.4 Å². The van der Waals surface area contributed by atoms with Crippen molar-refractivity contribution < 1.29 is 26.7 Å². The van der Waals surface area contributed by atoms with Crippen molar-refractivity contribution in [3.63, 3.8) is 0 Å². The lowest BCUT2D eigenvalue weighted by Gasteiger charge is -2.49. The lowest BCUT2D eigenvalue weighted by Crippen LogP contribution is -2.66. The fourth-order valence-corrected chi connectivity index (χ4v) is 7.72. The average molecular weight is 476 g/mol. The summed E-state index contributed by atoms with van der Waals surface area (Å²) in [6, 6.07) is 6.26. The van der Waals surface area contributed by atoms with Crippen molar-refractivity contribution in [2.75, 3.05) is 18.5 Å². The second-order valence-electron chi connectivity index (χ2n) is 9.02. The van der Waals surface area contributed by atoms with Gasteiger partial charge >= 0.3 is 0 Å². The van der Waals surface area contributed by atoms with Gasteiger partial charge in [-0.2, -0.15) is 0 Å². The van der Waals surface area contributed by atoms with Gasteiger partial charge in [0.1, 0.15) is 32.9 Å². The molecule has 5 rings (SSSR count). The van der Waals surface area contributed by atoms with Gasteiger partial charge < -0.3 is 15.4 Å². The molecule has 0 spiro atoms. The second kappa shape index (κ2) is 7.33. The molecule has 3 atom stereocenters. The summed E-state index contributed by atoms with van der Waals surface area (Å²) in [7, 11) is -3.78. The summed E-state index contributed by atoms with van der Waals surface area (Å²) in [5, 5.41) is 4.82. The number of ether oxygens (including phenoxy) is 1. The van der Waals surface area contributed by atoms with Crippen LogP contribution in [-0.2, 0) is 20.1 Å². The third-order valence-electron chi connectivity index (χ3n) is 7.11. The molecule has 3 aliphatic rings. The van der Waals surface area contributed by atoms with Crippen molar-refractivity contribution in [3.8, 4) is 0 Å². The van der Waals surface area contributed by atoms with E-state index in [0.29, 0.717) is 5.70 Å². The molecule has 0 bridgehead atoms. The zero-order chi connectivity index (χ0) is 23.6. The van der Waals surface area contributed by atoms with Gasteiger partial charge in [0.15, 0.2) is 9.84 Å². The highest BCUT2D eigenvalue weighted by Gasteiger charge is 2.67. The van der Waals surface area contributed by atoms with Gasteiger partial charge in [0, 0.05) is 16.9 Å². The van der Waals surface area contributed by atoms with E-state index in [1.54, 1.807) is 6.92 Å². The summed E-state index contributed by atoms with van der Waals surface area (Å²) in [6.45, 7) is 5.57. The highest BCUT2D eigenvalue weighted by Crippen LogP contribution is 2.55. The summed E-state index contributed by atoms with van der Waals surface area (Å²) in [5.74, 6) is -1.85. The average Bonchev–Trinajstić information content (AvgIpc) is 3.54. The van der Waals surface area contributed by atoms with Crippen LogP contribution in [0, 0.1) is 17.6 Å². The van der Waals surface area contributed by atoms with E-state index in [0.717, 1.165) is 25.1 Å². The first-order valence-electron chi connectivity index (χ1n) is 10.6. The van der Waals surface area contributed by atoms with Gasteiger partial charge in [0.25, 0.3) is 5.91 Å². The number of hydrogen-bond acceptors (Lipinski definition) is 6. The molecule has 1 aromatic carbocycles. The second-order valence-corrected chi connectivity index (χ2v) is 11.5. The molecule has 1 aromatic heterocycles. The molecule has 3 heterocycles. The summed E-state index contributed by atoms with van der Waals surface area (Å²) >= 11 is 0. The van der Waals surface area contributed by atoms with E-state index in [-0.39, 0.29) is 36.1 Å². The minimum atomic E-state index is -3.78. The lowest BCUT2D eigenvalue weighted by molar-refractivity contribution is 0.102. The summed E-state index contributed by atoms with van der Waals surface area (Å²) in [6.07, 6.45) is 2.51. The largest absolute Gasteiger partial charge is 0.377 e. The van der Waals surface area contributed by atoms with E-state index < -0.39 is 42.9 Å². The monoisotopic (exact) mass is 475 g/mol. The van der Waals surface area contributed by atoms with Gasteiger partial charge in [-0.05, 0) is 56.0 Å². The fraction of sp³-hybridized carbons (Fsp3) is 0.391. The first kappa shape index (κ1) is 22.0. The van der Waals surface area contributed by atoms with Crippen LogP contribution >= 0.6 is 0 Å². The topological polar surface area (TPSA) is 97.4 Å². The van der Waals surface area contributed by atoms with Crippen molar-refractivity contribution in [1.29, 1.82) is 0 Å². The summed E-state index contributed by atoms with van der Waals surface area (Å²) < 4.78 is 60.2. The normalized spacial score (nSPS) is 30.4. The zero-order valence-corrected chi connectivity index (χ0v) is 18.7. The molecule has 1 aliphatic carbocycles. The van der Waals surface area contributed by atoms with Crippen LogP contribution in [0.3, 0.4) is 0 Å². The Morgan fingerprint density at radius 3 is 2.70 bits per heavy atom. The number of amides is 1. The van der Waals surface area contributed by atoms with E-state index in [2.05, 4.69) is 22.2 Å². The minimum absolute atomic E-state index is 0.0190. The van der Waals surface area contributed by atoms with E-state index in [1.165, 1.54) is 24.3 Å². The number of carbonyl (C=O) groups is 1. The van der Waals surface area contributed by atoms with Gasteiger partial charge in [0.2, 0.25) is 0 Å². The first-order valence-corrected chi connectivity index (χ1v) is 12.2. The van der Waals surface area contributed by atoms with Gasteiger partial charge in [-0.3, -0.25) is 4.79 Å². The molecular formula is C23H23F2N3O4S. The predicted octanol–water partition coefficient (Wildman–Crippen LogP) is 2.91. The number of nitrogens with zero attached hydrogens (tertiary/aromatic N) is 1. The van der Waals surface area contributed by atoms with Crippen LogP contribution in [-0.4, -0.2) is 42.5 Å². The molecule has 2 N–H and O–H groups in total. The van der Waals surface area contributed by atoms with Gasteiger partial charge in [-0.25, -0.2) is 22.2 Å². The highest BCUT2D eigenvalue weighted by molar-refractivity contribution is 7.93. The van der Waals surface area contributed by atoms with Crippen LogP contribution in [0.15, 0.2) is 48.8 Å². The molecule has 0 radical (unpaired) electrons. The van der Waals surface area contributed by atoms with Crippen LogP contribution in [0.25, 0.3) is 0 Å². The van der Waals surface area contributed by atoms with E-state index in [4.69, 9.17) is 4.74 Å². The molecule has 10 heteroatoms. The third-order valence-corrected chi connectivity index (χ3v) is 10.2. The standard InChI is InChI=1S/C23H23F2N3O4S/c1-13-22(2,14-3-4-14)33(30,31)20-11-32-12-23(20,28-13)17-9-16(6-7-18(17)25)27-21(29)19-8-5-15(24)10-26-19/h5-10,14,20,28H,1,3-4,11-12H2,2H3,(H,27,29)/t20-,22+,23-/m1/s1. The van der Waals surface area contributed by atoms with Crippen molar-refractivity contribution >= 4 is 21.4 Å². The third kappa shape index (κ3) is 3.18. The van der Waals surface area contributed by atoms with E-state index in [9.17, 15) is 17.6 Å². The smallest absolute Gasteiger partial charge is 0.274 e. The lowest BCUT2D eigenvalue weighted by atomic mass is 9.85. The maximum atomic E-state index is 15.1. The Labute approximate surface area is 190 Å². The molecule has 174 valence electrons. The molecule has 2 aliphatic heterocycles. The van der Waals surface area contributed by atoms with Gasteiger partial charge in [-0.1, -0.05) is 6.58 Å². The van der Waals surface area contributed by atoms with Crippen molar-refractivity contribution in [1.82, 2.24) is 10.3 Å². The molecule has 7 nitrogen and oxygen atoms in total. The zero-order valence-electron chi connectivity index (χ0n) is 17.9. The Bertz CT molecular complexity index is 1260. The van der Waals surface area contributed by atoms with Crippen LogP contribution < -0.4 is 10.6 Å². The molecule has 1 saturated carbocycles. The number of benzene rings is 1. The quantitative estimate of drug-likeness (QED) is 0.706. The molecule has 0 unspecified atom stereocenters. The number of sulfone groups is 1. The number of hydrogen-bond donors (Lipinski definition) is 2. The number of fused-ring (bicyclic) bond motifs is 1. The Morgan fingerprint density at radius 1 is 1.27 bits per heavy atom. The van der Waals surface area contributed by atoms with Crippen LogP contribution in [0.2, 0.25) is 0 Å². The van der Waals surface area contributed by atoms with Crippen molar-refractivity contribution in [2.24, 2.45) is 5.92 Å². The van der Waals surface area contributed by atoms with E-state index >= 15 is 4.39 Å². The van der Waals surface area contributed by atoms with Crippen molar-refractivity contribution in [2.45, 2.75) is 35.3 Å². The molecule has 33 heavy (non-hydrogen) atoms. The minimum Gasteiger partial charge on any atom is -0.377 e. The Kier molecular flexibility index (Phi) is 4.88. The number of halogens is 2. The molecule has 1 amide bonds. The fourth-order valence-electron chi connectivity index (χ4n) is 4.98. The first-order chi connectivity index (χ1) is 15.6. The SMILES string of the molecule is C=C1N[C@@]2(c3cc(NC(=O)c4ccc(F)cn4)ccc3F)COC[C@H]2S(=O)(=O)[C@]1(C)C1CC1. The number of nitrogens with one attached hydrogen (secondary N) is 2. The maximum Gasteiger partial charge on any atom is 0.274 e. The predicted molar refractivity (Wildman–Crippen MR) is 117 cm³/mol. The van der Waals surface area contributed by atoms with Crippen molar-refractivity contribution in [3.05, 3.63) is 71.7 Å². The van der Waals surface area contributed by atoms with E-state index in [1.807, 2.05) is 0 Å². The molecule has 2 aromatic rings. The number of pyridine rings is 1. The van der Waals surface area contributed by atoms with Crippen LogP contribution in [0.4, 0.5) is 14.5 Å². The van der Waals surface area contributed by atoms with Gasteiger partial charge in [-0.15, -0.1) is 0 Å². The number of carbonyl (C=O) groups excluding carboxylic acids is 1. The molecular weight excluding hydrogens is 452 g/mol. The number of anilines is 1. The maximum absolute atomic E-state index is 15.1. The summed E-state index contributed by atoms with van der Waals surface area (Å²) in [4.78, 5) is 16.2. The molecule has 3 fully saturated rings. The highest BCUT2D eigenvalue weighted by atomic mass is 32.2. The number of aromatic nitrogens is 1. The molecule has 2 saturated heterocycles. The Morgan fingerprint density at radius 2 is 2.03 bits per heavy atom.